The van der Waals surface area contributed by atoms with E-state index in [4.69, 9.17) is 0 Å². The second kappa shape index (κ2) is 4.51. The number of carbonyl (C=O) groups is 1. The Morgan fingerprint density at radius 3 is 2.67 bits per heavy atom. The Labute approximate surface area is 57.1 Å². The van der Waals surface area contributed by atoms with Crippen LogP contribution in [0.2, 0.25) is 0 Å². The van der Waals surface area contributed by atoms with Crippen LogP contribution in [0.15, 0.2) is 11.9 Å². The van der Waals surface area contributed by atoms with Crippen LogP contribution in [0.4, 0.5) is 0 Å². The fourth-order valence-corrected chi connectivity index (χ4v) is 1.08. The molecular formula is C6H11O2P. The van der Waals surface area contributed by atoms with Crippen molar-refractivity contribution in [3.63, 3.8) is 0 Å². The molecule has 0 saturated heterocycles. The zero-order valence-electron chi connectivity index (χ0n) is 5.73. The third kappa shape index (κ3) is 3.26. The molecule has 1 atom stereocenters. The first-order valence-corrected chi connectivity index (χ1v) is 3.94. The van der Waals surface area contributed by atoms with Crippen LogP contribution in [-0.2, 0) is 9.53 Å². The number of rotatable bonds is 3. The smallest absolute Gasteiger partial charge is 0.337 e. The van der Waals surface area contributed by atoms with E-state index in [1.165, 1.54) is 7.11 Å². The lowest BCUT2D eigenvalue weighted by Crippen LogP contribution is -1.99. The molecule has 2 nitrogen and oxygen atoms in total. The van der Waals surface area contributed by atoms with E-state index in [2.05, 4.69) is 11.3 Å². The number of esters is 1. The first kappa shape index (κ1) is 8.64. The molecule has 0 aromatic carbocycles. The quantitative estimate of drug-likeness (QED) is 0.341. The Bertz CT molecular complexity index is 120. The molecule has 0 bridgehead atoms. The molecule has 0 fully saturated rings. The monoisotopic (exact) mass is 146 g/mol. The highest BCUT2D eigenvalue weighted by Crippen LogP contribution is 2.20. The predicted octanol–water partition coefficient (Wildman–Crippen LogP) is 1.37. The molecule has 0 spiro atoms. The fourth-order valence-electron chi connectivity index (χ4n) is 0.409. The minimum Gasteiger partial charge on any atom is -0.465 e. The molecule has 0 heterocycles. The van der Waals surface area contributed by atoms with Crippen molar-refractivity contribution in [3.05, 3.63) is 11.9 Å². The highest BCUT2D eigenvalue weighted by atomic mass is 31.1. The van der Waals surface area contributed by atoms with Gasteiger partial charge in [0.15, 0.2) is 0 Å². The van der Waals surface area contributed by atoms with Gasteiger partial charge in [0, 0.05) is 0 Å². The van der Waals surface area contributed by atoms with Crippen molar-refractivity contribution < 1.29 is 9.53 Å². The van der Waals surface area contributed by atoms with Gasteiger partial charge in [-0.1, -0.05) is 22.1 Å². The Kier molecular flexibility index (Phi) is 4.33. The number of ether oxygens (including phenoxy) is 1. The van der Waals surface area contributed by atoms with E-state index in [0.29, 0.717) is 13.9 Å². The van der Waals surface area contributed by atoms with E-state index >= 15 is 0 Å². The summed E-state index contributed by atoms with van der Waals surface area (Å²) in [6, 6.07) is 0. The van der Waals surface area contributed by atoms with Crippen molar-refractivity contribution in [3.8, 4) is 0 Å². The van der Waals surface area contributed by atoms with Crippen LogP contribution in [-0.4, -0.2) is 19.2 Å². The third-order valence-corrected chi connectivity index (χ3v) is 1.81. The van der Waals surface area contributed by atoms with Gasteiger partial charge in [0.05, 0.1) is 12.4 Å². The Morgan fingerprint density at radius 1 is 1.78 bits per heavy atom. The maximum absolute atomic E-state index is 10.6. The largest absolute Gasteiger partial charge is 0.465 e. The van der Waals surface area contributed by atoms with Crippen molar-refractivity contribution in [2.75, 3.05) is 13.3 Å². The molecule has 0 aromatic heterocycles. The van der Waals surface area contributed by atoms with Crippen molar-refractivity contribution >= 4 is 14.6 Å². The number of carbonyl (C=O) groups excluding carboxylic acids is 1. The van der Waals surface area contributed by atoms with Crippen molar-refractivity contribution in [2.24, 2.45) is 0 Å². The SMILES string of the molecule is C=C(PCC)C(=O)OC. The second-order valence-electron chi connectivity index (χ2n) is 1.50. The average Bonchev–Trinajstić information content (AvgIpc) is 1.87. The maximum atomic E-state index is 10.6. The van der Waals surface area contributed by atoms with Gasteiger partial charge < -0.3 is 4.74 Å². The van der Waals surface area contributed by atoms with Gasteiger partial charge in [0.2, 0.25) is 0 Å². The van der Waals surface area contributed by atoms with Crippen LogP contribution in [0.25, 0.3) is 0 Å². The molecule has 9 heavy (non-hydrogen) atoms. The zero-order chi connectivity index (χ0) is 7.28. The maximum Gasteiger partial charge on any atom is 0.337 e. The molecule has 3 heteroatoms. The van der Waals surface area contributed by atoms with E-state index in [9.17, 15) is 4.79 Å². The van der Waals surface area contributed by atoms with Crippen LogP contribution in [0, 0.1) is 0 Å². The number of hydrogen-bond acceptors (Lipinski definition) is 2. The van der Waals surface area contributed by atoms with Crippen molar-refractivity contribution in [1.82, 2.24) is 0 Å². The summed E-state index contributed by atoms with van der Waals surface area (Å²) in [5.41, 5.74) is 0. The molecule has 0 aliphatic heterocycles. The molecule has 0 amide bonds. The lowest BCUT2D eigenvalue weighted by Gasteiger charge is -1.98. The van der Waals surface area contributed by atoms with Crippen molar-refractivity contribution in [2.45, 2.75) is 6.92 Å². The van der Waals surface area contributed by atoms with E-state index in [1.54, 1.807) is 0 Å². The van der Waals surface area contributed by atoms with Crippen LogP contribution < -0.4 is 0 Å². The highest BCUT2D eigenvalue weighted by molar-refractivity contribution is 7.44. The third-order valence-electron chi connectivity index (χ3n) is 0.822. The number of hydrogen-bond donors (Lipinski definition) is 0. The minimum absolute atomic E-state index is 0.282. The molecule has 0 rings (SSSR count). The van der Waals surface area contributed by atoms with Crippen molar-refractivity contribution in [1.29, 1.82) is 0 Å². The molecule has 0 radical (unpaired) electrons. The second-order valence-corrected chi connectivity index (χ2v) is 3.16. The summed E-state index contributed by atoms with van der Waals surface area (Å²) in [4.78, 5) is 10.6. The summed E-state index contributed by atoms with van der Waals surface area (Å²) in [7, 11) is 1.88. The summed E-state index contributed by atoms with van der Waals surface area (Å²) in [6.45, 7) is 5.56. The molecular weight excluding hydrogens is 135 g/mol. The lowest BCUT2D eigenvalue weighted by atomic mass is 10.6. The topological polar surface area (TPSA) is 26.3 Å². The van der Waals surface area contributed by atoms with E-state index in [1.807, 2.05) is 6.92 Å². The molecule has 0 aliphatic carbocycles. The van der Waals surface area contributed by atoms with Crippen LogP contribution >= 0.6 is 8.58 Å². The van der Waals surface area contributed by atoms with E-state index < -0.39 is 0 Å². The summed E-state index contributed by atoms with van der Waals surface area (Å²) in [5, 5.41) is 0.583. The van der Waals surface area contributed by atoms with Gasteiger partial charge in [-0.15, -0.1) is 0 Å². The van der Waals surface area contributed by atoms with Gasteiger partial charge in [-0.05, 0) is 6.16 Å². The minimum atomic E-state index is -0.282. The first-order chi connectivity index (χ1) is 4.22. The van der Waals surface area contributed by atoms with Gasteiger partial charge >= 0.3 is 5.97 Å². The fraction of sp³-hybridized carbons (Fsp3) is 0.500. The molecule has 0 aliphatic rings. The Morgan fingerprint density at radius 2 is 2.33 bits per heavy atom. The van der Waals surface area contributed by atoms with Crippen LogP contribution in [0.3, 0.4) is 0 Å². The Balaban J connectivity index is 3.60. The Hall–Kier alpha value is -0.360. The molecule has 0 N–H and O–H groups in total. The molecule has 52 valence electrons. The molecule has 1 unspecified atom stereocenters. The van der Waals surface area contributed by atoms with E-state index in [-0.39, 0.29) is 5.97 Å². The highest BCUT2D eigenvalue weighted by Gasteiger charge is 2.02. The average molecular weight is 146 g/mol. The van der Waals surface area contributed by atoms with E-state index in [0.717, 1.165) is 6.16 Å². The van der Waals surface area contributed by atoms with Gasteiger partial charge in [-0.2, -0.15) is 0 Å². The standard InChI is InChI=1S/C6H11O2P/c1-4-9-5(2)6(7)8-3/h9H,2,4H2,1,3H3. The summed E-state index contributed by atoms with van der Waals surface area (Å²) >= 11 is 0. The summed E-state index contributed by atoms with van der Waals surface area (Å²) < 4.78 is 4.43. The molecule has 0 saturated carbocycles. The molecule has 0 aromatic rings. The number of methoxy groups -OCH3 is 1. The van der Waals surface area contributed by atoms with Gasteiger partial charge in [0.1, 0.15) is 0 Å². The van der Waals surface area contributed by atoms with Gasteiger partial charge in [-0.3, -0.25) is 0 Å². The van der Waals surface area contributed by atoms with Crippen LogP contribution in [0.5, 0.6) is 0 Å². The van der Waals surface area contributed by atoms with Gasteiger partial charge in [0.25, 0.3) is 0 Å². The predicted molar refractivity (Wildman–Crippen MR) is 40.0 cm³/mol. The lowest BCUT2D eigenvalue weighted by molar-refractivity contribution is -0.135. The normalized spacial score (nSPS) is 10.0. The van der Waals surface area contributed by atoms with Crippen LogP contribution in [0.1, 0.15) is 6.92 Å². The van der Waals surface area contributed by atoms with Gasteiger partial charge in [-0.25, -0.2) is 4.79 Å². The summed E-state index contributed by atoms with van der Waals surface area (Å²) in [5.74, 6) is -0.282. The zero-order valence-corrected chi connectivity index (χ0v) is 6.73. The first-order valence-electron chi connectivity index (χ1n) is 2.73. The summed E-state index contributed by atoms with van der Waals surface area (Å²) in [6.07, 6.45) is 0.966.